The molecule has 178 valence electrons. The minimum absolute atomic E-state index is 0.0352. The van der Waals surface area contributed by atoms with Gasteiger partial charge in [-0.2, -0.15) is 0 Å². The Balaban J connectivity index is 1.57. The Bertz CT molecular complexity index is 1370. The van der Waals surface area contributed by atoms with Crippen LogP contribution < -0.4 is 10.6 Å². The van der Waals surface area contributed by atoms with Gasteiger partial charge in [0.25, 0.3) is 11.8 Å². The maximum atomic E-state index is 14.7. The van der Waals surface area contributed by atoms with Gasteiger partial charge in [0.1, 0.15) is 17.3 Å². The number of nitrogens with one attached hydrogen (secondary N) is 3. The van der Waals surface area contributed by atoms with Gasteiger partial charge < -0.3 is 15.6 Å². The number of imidazole rings is 1. The van der Waals surface area contributed by atoms with Crippen molar-refractivity contribution in [2.45, 2.75) is 19.9 Å². The van der Waals surface area contributed by atoms with E-state index in [-0.39, 0.29) is 23.7 Å². The van der Waals surface area contributed by atoms with Gasteiger partial charge in [-0.3, -0.25) is 9.59 Å². The van der Waals surface area contributed by atoms with Crippen molar-refractivity contribution in [1.82, 2.24) is 20.6 Å². The number of hydrogen-bond acceptors (Lipinski definition) is 3. The normalized spacial score (nSPS) is 11.7. The van der Waals surface area contributed by atoms with Gasteiger partial charge in [-0.05, 0) is 37.6 Å². The summed E-state index contributed by atoms with van der Waals surface area (Å²) in [4.78, 5) is 33.6. The number of carbonyl (C=O) groups is 2. The molecule has 8 heteroatoms. The monoisotopic (exact) mass is 490 g/mol. The summed E-state index contributed by atoms with van der Waals surface area (Å²) in [5.41, 5.74) is 3.02. The molecule has 2 amide bonds. The second-order valence-electron chi connectivity index (χ2n) is 8.14. The highest BCUT2D eigenvalue weighted by Crippen LogP contribution is 2.21. The van der Waals surface area contributed by atoms with E-state index in [9.17, 15) is 14.0 Å². The topological polar surface area (TPSA) is 86.9 Å². The lowest BCUT2D eigenvalue weighted by Gasteiger charge is -2.20. The molecule has 0 bridgehead atoms. The van der Waals surface area contributed by atoms with Crippen LogP contribution in [0.15, 0.2) is 72.8 Å². The summed E-state index contributed by atoms with van der Waals surface area (Å²) >= 11 is 6.04. The zero-order chi connectivity index (χ0) is 24.9. The molecule has 0 spiro atoms. The number of amides is 2. The van der Waals surface area contributed by atoms with Crippen molar-refractivity contribution in [3.05, 3.63) is 112 Å². The lowest BCUT2D eigenvalue weighted by atomic mass is 10.0. The first-order valence-electron chi connectivity index (χ1n) is 11.0. The molecule has 35 heavy (non-hydrogen) atoms. The van der Waals surface area contributed by atoms with Crippen LogP contribution in [0, 0.1) is 19.7 Å². The predicted molar refractivity (Wildman–Crippen MR) is 134 cm³/mol. The molecular formula is C27H24ClFN4O2. The van der Waals surface area contributed by atoms with E-state index in [1.54, 1.807) is 50.2 Å². The number of H-pyrrole nitrogens is 1. The van der Waals surface area contributed by atoms with Crippen molar-refractivity contribution >= 4 is 23.4 Å². The molecular weight excluding hydrogens is 467 g/mol. The molecule has 1 aromatic heterocycles. The van der Waals surface area contributed by atoms with Crippen LogP contribution >= 0.6 is 11.6 Å². The van der Waals surface area contributed by atoms with Crippen molar-refractivity contribution in [3.63, 3.8) is 0 Å². The Hall–Kier alpha value is -3.97. The third-order valence-electron chi connectivity index (χ3n) is 5.64. The highest BCUT2D eigenvalue weighted by Gasteiger charge is 2.23. The van der Waals surface area contributed by atoms with Crippen LogP contribution in [0.1, 0.15) is 43.7 Å². The van der Waals surface area contributed by atoms with Gasteiger partial charge in [-0.15, -0.1) is 0 Å². The quantitative estimate of drug-likeness (QED) is 0.325. The molecule has 0 aliphatic rings. The summed E-state index contributed by atoms with van der Waals surface area (Å²) in [6.07, 6.45) is 0. The molecule has 0 saturated heterocycles. The molecule has 3 N–H and O–H groups in total. The smallest absolute Gasteiger partial charge is 0.272 e. The van der Waals surface area contributed by atoms with E-state index in [1.165, 1.54) is 6.07 Å². The third-order valence-corrected chi connectivity index (χ3v) is 5.88. The molecule has 0 saturated carbocycles. The molecule has 6 nitrogen and oxygen atoms in total. The number of aryl methyl sites for hydroxylation is 2. The van der Waals surface area contributed by atoms with Gasteiger partial charge in [0.05, 0.1) is 6.04 Å². The van der Waals surface area contributed by atoms with E-state index in [0.29, 0.717) is 22.1 Å². The van der Waals surface area contributed by atoms with Gasteiger partial charge in [-0.1, -0.05) is 66.2 Å². The molecule has 4 rings (SSSR count). The maximum absolute atomic E-state index is 14.7. The Morgan fingerprint density at radius 3 is 2.46 bits per heavy atom. The Morgan fingerprint density at radius 2 is 1.71 bits per heavy atom. The lowest BCUT2D eigenvalue weighted by Crippen LogP contribution is -2.38. The molecule has 0 aliphatic carbocycles. The maximum Gasteiger partial charge on any atom is 0.272 e. The molecule has 0 fully saturated rings. The first kappa shape index (κ1) is 24.2. The van der Waals surface area contributed by atoms with Gasteiger partial charge in [0.2, 0.25) is 0 Å². The number of carbonyl (C=O) groups excluding carboxylic acids is 2. The third kappa shape index (κ3) is 5.58. The van der Waals surface area contributed by atoms with Gasteiger partial charge in [0.15, 0.2) is 0 Å². The van der Waals surface area contributed by atoms with Crippen molar-refractivity contribution in [1.29, 1.82) is 0 Å². The number of aromatic amines is 1. The number of rotatable bonds is 7. The van der Waals surface area contributed by atoms with Crippen LogP contribution in [0.5, 0.6) is 0 Å². The molecule has 0 aliphatic heterocycles. The lowest BCUT2D eigenvalue weighted by molar-refractivity contribution is 0.0904. The predicted octanol–water partition coefficient (Wildman–Crippen LogP) is 5.39. The number of aromatic nitrogens is 2. The van der Waals surface area contributed by atoms with Crippen LogP contribution in [0.25, 0.3) is 11.4 Å². The summed E-state index contributed by atoms with van der Waals surface area (Å²) in [5, 5.41) is 6.05. The van der Waals surface area contributed by atoms with E-state index in [1.807, 2.05) is 30.3 Å². The van der Waals surface area contributed by atoms with Crippen LogP contribution in [0.3, 0.4) is 0 Å². The molecule has 3 aromatic carbocycles. The zero-order valence-corrected chi connectivity index (χ0v) is 20.0. The minimum Gasteiger partial charge on any atom is -0.350 e. The fraction of sp³-hybridized carbons (Fsp3) is 0.148. The summed E-state index contributed by atoms with van der Waals surface area (Å²) in [6.45, 7) is 3.51. The fourth-order valence-corrected chi connectivity index (χ4v) is 3.94. The SMILES string of the molecule is Cc1ccc(Cl)cc1C(=O)NCC(NC(=O)c1nc(-c2ccccc2)[nH]c1C)c1ccccc1F. The minimum atomic E-state index is -0.830. The van der Waals surface area contributed by atoms with Gasteiger partial charge >= 0.3 is 0 Å². The average Bonchev–Trinajstić information content (AvgIpc) is 3.25. The zero-order valence-electron chi connectivity index (χ0n) is 19.2. The first-order valence-corrected chi connectivity index (χ1v) is 11.4. The molecule has 1 atom stereocenters. The standard InChI is InChI=1S/C27H24ClFN4O2/c1-16-12-13-19(28)14-21(16)26(34)30-15-23(20-10-6-7-11-22(20)29)32-27(35)24-17(2)31-25(33-24)18-8-4-3-5-9-18/h3-14,23H,15H2,1-2H3,(H,30,34)(H,31,33)(H,32,35). The highest BCUT2D eigenvalue weighted by molar-refractivity contribution is 6.31. The summed E-state index contributed by atoms with van der Waals surface area (Å²) in [6, 6.07) is 19.7. The van der Waals surface area contributed by atoms with Crippen molar-refractivity contribution in [3.8, 4) is 11.4 Å². The van der Waals surface area contributed by atoms with Crippen molar-refractivity contribution in [2.75, 3.05) is 6.54 Å². The van der Waals surface area contributed by atoms with Crippen LogP contribution in [-0.4, -0.2) is 28.3 Å². The number of nitrogens with zero attached hydrogens (tertiary/aromatic N) is 1. The Morgan fingerprint density at radius 1 is 1.00 bits per heavy atom. The Labute approximate surface area is 207 Å². The van der Waals surface area contributed by atoms with Crippen molar-refractivity contribution < 1.29 is 14.0 Å². The number of benzene rings is 3. The largest absolute Gasteiger partial charge is 0.350 e. The number of halogens is 2. The second kappa shape index (κ2) is 10.5. The van der Waals surface area contributed by atoms with Gasteiger partial charge in [0, 0.05) is 34.0 Å². The summed E-state index contributed by atoms with van der Waals surface area (Å²) in [5.74, 6) is -0.791. The van der Waals surface area contributed by atoms with Crippen LogP contribution in [0.4, 0.5) is 4.39 Å². The molecule has 4 aromatic rings. The number of hydrogen-bond donors (Lipinski definition) is 3. The molecule has 1 unspecified atom stereocenters. The van der Waals surface area contributed by atoms with Crippen LogP contribution in [0.2, 0.25) is 5.02 Å². The van der Waals surface area contributed by atoms with Crippen molar-refractivity contribution in [2.24, 2.45) is 0 Å². The van der Waals surface area contributed by atoms with E-state index >= 15 is 0 Å². The summed E-state index contributed by atoms with van der Waals surface area (Å²) in [7, 11) is 0. The van der Waals surface area contributed by atoms with E-state index in [4.69, 9.17) is 11.6 Å². The molecule has 0 radical (unpaired) electrons. The van der Waals surface area contributed by atoms with E-state index in [2.05, 4.69) is 20.6 Å². The van der Waals surface area contributed by atoms with E-state index < -0.39 is 17.8 Å². The Kier molecular flexibility index (Phi) is 7.27. The summed E-state index contributed by atoms with van der Waals surface area (Å²) < 4.78 is 14.7. The fourth-order valence-electron chi connectivity index (χ4n) is 3.77. The first-order chi connectivity index (χ1) is 16.8. The average molecular weight is 491 g/mol. The van der Waals surface area contributed by atoms with Crippen LogP contribution in [-0.2, 0) is 0 Å². The highest BCUT2D eigenvalue weighted by atomic mass is 35.5. The molecule has 1 heterocycles. The van der Waals surface area contributed by atoms with Gasteiger partial charge in [-0.25, -0.2) is 9.37 Å². The van der Waals surface area contributed by atoms with E-state index in [0.717, 1.165) is 11.1 Å². The second-order valence-corrected chi connectivity index (χ2v) is 8.58.